The molecule has 1 aromatic carbocycles. The molecule has 0 N–H and O–H groups in total. The van der Waals surface area contributed by atoms with E-state index in [0.29, 0.717) is 6.61 Å². The largest absolute Gasteiger partial charge is 0.372 e. The molecule has 0 bridgehead atoms. The van der Waals surface area contributed by atoms with Crippen LogP contribution < -0.4 is 0 Å². The zero-order valence-corrected chi connectivity index (χ0v) is 14.0. The molecule has 0 unspecified atom stereocenters. The summed E-state index contributed by atoms with van der Waals surface area (Å²) in [7, 11) is 1.64. The molecule has 0 spiro atoms. The fourth-order valence-corrected chi connectivity index (χ4v) is 2.80. The van der Waals surface area contributed by atoms with E-state index in [2.05, 4.69) is 46.8 Å². The SMILES string of the molecule is COCC#Cc1c(-c2ccccc2C)nc2c(Br)cccn12. The first-order valence-corrected chi connectivity index (χ1v) is 7.72. The highest BCUT2D eigenvalue weighted by Crippen LogP contribution is 2.29. The Balaban J connectivity index is 2.30. The van der Waals surface area contributed by atoms with Crippen LogP contribution in [0.3, 0.4) is 0 Å². The Labute approximate surface area is 138 Å². The van der Waals surface area contributed by atoms with Crippen LogP contribution in [-0.2, 0) is 4.74 Å². The van der Waals surface area contributed by atoms with Crippen molar-refractivity contribution in [3.63, 3.8) is 0 Å². The summed E-state index contributed by atoms with van der Waals surface area (Å²) in [6.07, 6.45) is 1.98. The zero-order valence-electron chi connectivity index (χ0n) is 12.4. The molecule has 0 aliphatic carbocycles. The van der Waals surface area contributed by atoms with Crippen LogP contribution in [0.2, 0.25) is 0 Å². The van der Waals surface area contributed by atoms with Gasteiger partial charge in [0.2, 0.25) is 0 Å². The number of rotatable bonds is 2. The molecule has 3 nitrogen and oxygen atoms in total. The van der Waals surface area contributed by atoms with Crippen molar-refractivity contribution >= 4 is 21.6 Å². The van der Waals surface area contributed by atoms with E-state index in [4.69, 9.17) is 9.72 Å². The van der Waals surface area contributed by atoms with Gasteiger partial charge in [-0.15, -0.1) is 0 Å². The first-order chi connectivity index (χ1) is 10.7. The van der Waals surface area contributed by atoms with Gasteiger partial charge in [-0.1, -0.05) is 30.2 Å². The minimum atomic E-state index is 0.397. The maximum atomic E-state index is 5.03. The third-order valence-corrected chi connectivity index (χ3v) is 4.04. The molecule has 22 heavy (non-hydrogen) atoms. The molecule has 2 heterocycles. The lowest BCUT2D eigenvalue weighted by molar-refractivity contribution is 0.240. The van der Waals surface area contributed by atoms with Gasteiger partial charge in [0.25, 0.3) is 0 Å². The number of halogens is 1. The molecular formula is C18H15BrN2O. The average Bonchev–Trinajstić information content (AvgIpc) is 2.88. The van der Waals surface area contributed by atoms with Crippen molar-refractivity contribution in [1.82, 2.24) is 9.38 Å². The van der Waals surface area contributed by atoms with E-state index in [-0.39, 0.29) is 0 Å². The van der Waals surface area contributed by atoms with Gasteiger partial charge >= 0.3 is 0 Å². The smallest absolute Gasteiger partial charge is 0.152 e. The lowest BCUT2D eigenvalue weighted by Crippen LogP contribution is -1.91. The average molecular weight is 355 g/mol. The van der Waals surface area contributed by atoms with Crippen molar-refractivity contribution in [2.75, 3.05) is 13.7 Å². The van der Waals surface area contributed by atoms with E-state index < -0.39 is 0 Å². The highest BCUT2D eigenvalue weighted by atomic mass is 79.9. The Morgan fingerprint density at radius 1 is 1.23 bits per heavy atom. The van der Waals surface area contributed by atoms with Crippen LogP contribution in [0.5, 0.6) is 0 Å². The highest BCUT2D eigenvalue weighted by Gasteiger charge is 2.15. The Bertz CT molecular complexity index is 887. The zero-order chi connectivity index (χ0) is 15.5. The van der Waals surface area contributed by atoms with Gasteiger partial charge in [-0.2, -0.15) is 0 Å². The van der Waals surface area contributed by atoms with Crippen molar-refractivity contribution in [2.45, 2.75) is 6.92 Å². The number of aryl methyl sites for hydroxylation is 1. The molecule has 0 fully saturated rings. The highest BCUT2D eigenvalue weighted by molar-refractivity contribution is 9.10. The molecule has 0 aliphatic heterocycles. The molecule has 2 aromatic heterocycles. The predicted octanol–water partition coefficient (Wildman–Crippen LogP) is 4.07. The van der Waals surface area contributed by atoms with Gasteiger partial charge < -0.3 is 4.74 Å². The number of hydrogen-bond donors (Lipinski definition) is 0. The van der Waals surface area contributed by atoms with E-state index in [1.54, 1.807) is 7.11 Å². The maximum Gasteiger partial charge on any atom is 0.152 e. The van der Waals surface area contributed by atoms with Crippen LogP contribution in [-0.4, -0.2) is 23.1 Å². The molecule has 3 rings (SSSR count). The third kappa shape index (κ3) is 2.66. The fourth-order valence-electron chi connectivity index (χ4n) is 2.37. The number of benzene rings is 1. The Morgan fingerprint density at radius 2 is 2.05 bits per heavy atom. The summed E-state index contributed by atoms with van der Waals surface area (Å²) in [6, 6.07) is 12.2. The standard InChI is InChI=1S/C18H15BrN2O/c1-13-7-3-4-8-14(13)17-16(10-6-12-22-2)21-11-5-9-15(19)18(21)20-17/h3-5,7-9,11H,12H2,1-2H3. The maximum absolute atomic E-state index is 5.03. The van der Waals surface area contributed by atoms with E-state index in [0.717, 1.165) is 27.1 Å². The second-order valence-electron chi connectivity index (χ2n) is 4.91. The van der Waals surface area contributed by atoms with E-state index >= 15 is 0 Å². The first kappa shape index (κ1) is 14.8. The normalized spacial score (nSPS) is 10.5. The molecule has 0 radical (unpaired) electrons. The summed E-state index contributed by atoms with van der Waals surface area (Å²) in [6.45, 7) is 2.48. The summed E-state index contributed by atoms with van der Waals surface area (Å²) >= 11 is 3.56. The second kappa shape index (κ2) is 6.35. The van der Waals surface area contributed by atoms with E-state index in [9.17, 15) is 0 Å². The summed E-state index contributed by atoms with van der Waals surface area (Å²) in [5, 5.41) is 0. The van der Waals surface area contributed by atoms with Gasteiger partial charge in [0, 0.05) is 18.9 Å². The molecule has 0 aliphatic rings. The van der Waals surface area contributed by atoms with Gasteiger partial charge in [0.15, 0.2) is 5.65 Å². The van der Waals surface area contributed by atoms with Crippen molar-refractivity contribution in [1.29, 1.82) is 0 Å². The monoisotopic (exact) mass is 354 g/mol. The number of nitrogens with zero attached hydrogens (tertiary/aromatic N) is 2. The number of methoxy groups -OCH3 is 1. The van der Waals surface area contributed by atoms with E-state index in [1.165, 1.54) is 5.56 Å². The minimum absolute atomic E-state index is 0.397. The molecule has 0 atom stereocenters. The van der Waals surface area contributed by atoms with Crippen molar-refractivity contribution in [3.05, 3.63) is 58.3 Å². The van der Waals surface area contributed by atoms with Gasteiger partial charge in [-0.25, -0.2) is 4.98 Å². The molecule has 0 saturated carbocycles. The van der Waals surface area contributed by atoms with Crippen molar-refractivity contribution < 1.29 is 4.74 Å². The second-order valence-corrected chi connectivity index (χ2v) is 5.76. The van der Waals surface area contributed by atoms with Crippen molar-refractivity contribution in [2.24, 2.45) is 0 Å². The molecular weight excluding hydrogens is 340 g/mol. The Hall–Kier alpha value is -2.09. The summed E-state index contributed by atoms with van der Waals surface area (Å²) < 4.78 is 7.99. The summed E-state index contributed by atoms with van der Waals surface area (Å²) in [4.78, 5) is 4.79. The van der Waals surface area contributed by atoms with Crippen LogP contribution in [0.25, 0.3) is 16.9 Å². The van der Waals surface area contributed by atoms with Gasteiger partial charge in [0.1, 0.15) is 18.0 Å². The van der Waals surface area contributed by atoms with Crippen LogP contribution in [0.1, 0.15) is 11.3 Å². The minimum Gasteiger partial charge on any atom is -0.372 e. The van der Waals surface area contributed by atoms with Crippen LogP contribution in [0, 0.1) is 18.8 Å². The molecule has 0 amide bonds. The molecule has 0 saturated heterocycles. The number of fused-ring (bicyclic) bond motifs is 1. The first-order valence-electron chi connectivity index (χ1n) is 6.92. The molecule has 110 valence electrons. The Kier molecular flexibility index (Phi) is 4.28. The van der Waals surface area contributed by atoms with Gasteiger partial charge in [-0.05, 0) is 46.5 Å². The van der Waals surface area contributed by atoms with Gasteiger partial charge in [0.05, 0.1) is 4.47 Å². The lowest BCUT2D eigenvalue weighted by atomic mass is 10.0. The predicted molar refractivity (Wildman–Crippen MR) is 91.8 cm³/mol. The van der Waals surface area contributed by atoms with Gasteiger partial charge in [-0.3, -0.25) is 4.40 Å². The number of pyridine rings is 1. The fraction of sp³-hybridized carbons (Fsp3) is 0.167. The molecule has 4 heteroatoms. The van der Waals surface area contributed by atoms with Crippen LogP contribution >= 0.6 is 15.9 Å². The van der Waals surface area contributed by atoms with Crippen LogP contribution in [0.4, 0.5) is 0 Å². The number of hydrogen-bond acceptors (Lipinski definition) is 2. The van der Waals surface area contributed by atoms with E-state index in [1.807, 2.05) is 34.9 Å². The van der Waals surface area contributed by atoms with Crippen LogP contribution in [0.15, 0.2) is 47.1 Å². The number of ether oxygens (including phenoxy) is 1. The summed E-state index contributed by atoms with van der Waals surface area (Å²) in [5.74, 6) is 6.23. The molecule has 3 aromatic rings. The topological polar surface area (TPSA) is 26.5 Å². The lowest BCUT2D eigenvalue weighted by Gasteiger charge is -2.02. The number of aromatic nitrogens is 2. The Morgan fingerprint density at radius 3 is 2.82 bits per heavy atom. The quantitative estimate of drug-likeness (QED) is 0.648. The third-order valence-electron chi connectivity index (χ3n) is 3.43. The number of imidazole rings is 1. The van der Waals surface area contributed by atoms with Crippen molar-refractivity contribution in [3.8, 4) is 23.1 Å². The summed E-state index contributed by atoms with van der Waals surface area (Å²) in [5.41, 5.74) is 4.91.